The highest BCUT2D eigenvalue weighted by molar-refractivity contribution is 7.99. The average molecular weight is 262 g/mol. The van der Waals surface area contributed by atoms with Gasteiger partial charge < -0.3 is 9.84 Å². The van der Waals surface area contributed by atoms with Crippen LogP contribution in [0.2, 0.25) is 0 Å². The van der Waals surface area contributed by atoms with Crippen molar-refractivity contribution >= 4 is 17.7 Å². The minimum Gasteiger partial charge on any atom is -0.496 e. The molecule has 0 bridgehead atoms. The second-order valence-corrected chi connectivity index (χ2v) is 4.34. The zero-order valence-corrected chi connectivity index (χ0v) is 10.3. The van der Waals surface area contributed by atoms with E-state index in [-0.39, 0.29) is 5.56 Å². The molecule has 0 aliphatic carbocycles. The molecule has 1 aromatic carbocycles. The number of carboxylic acid groups (broad SMARTS) is 1. The maximum absolute atomic E-state index is 11.1. The van der Waals surface area contributed by atoms with Crippen molar-refractivity contribution in [2.24, 2.45) is 0 Å². The molecular formula is C12H10N2O3S. The molecule has 0 spiro atoms. The van der Waals surface area contributed by atoms with E-state index in [4.69, 9.17) is 9.84 Å². The minimum absolute atomic E-state index is 0.126. The molecule has 0 aliphatic heterocycles. The molecule has 0 aliphatic rings. The van der Waals surface area contributed by atoms with Crippen LogP contribution < -0.4 is 4.74 Å². The molecule has 5 nitrogen and oxygen atoms in total. The van der Waals surface area contributed by atoms with Gasteiger partial charge in [-0.1, -0.05) is 23.9 Å². The molecule has 0 atom stereocenters. The topological polar surface area (TPSA) is 72.3 Å². The van der Waals surface area contributed by atoms with Crippen molar-refractivity contribution in [2.75, 3.05) is 7.11 Å². The molecule has 6 heteroatoms. The lowest BCUT2D eigenvalue weighted by Gasteiger charge is -2.07. The minimum atomic E-state index is -1.03. The van der Waals surface area contributed by atoms with Crippen LogP contribution in [-0.2, 0) is 0 Å². The third kappa shape index (κ3) is 2.60. The van der Waals surface area contributed by atoms with Crippen LogP contribution in [0.15, 0.2) is 46.5 Å². The molecule has 1 aromatic heterocycles. The lowest BCUT2D eigenvalue weighted by Crippen LogP contribution is -2.01. The Balaban J connectivity index is 2.37. The van der Waals surface area contributed by atoms with Crippen LogP contribution in [0.3, 0.4) is 0 Å². The molecule has 2 rings (SSSR count). The summed E-state index contributed by atoms with van der Waals surface area (Å²) in [4.78, 5) is 11.8. The summed E-state index contributed by atoms with van der Waals surface area (Å²) in [6.45, 7) is 0. The Morgan fingerprint density at radius 1 is 1.33 bits per heavy atom. The van der Waals surface area contributed by atoms with Gasteiger partial charge in [-0.3, -0.25) is 0 Å². The third-order valence-corrected chi connectivity index (χ3v) is 3.25. The van der Waals surface area contributed by atoms with Gasteiger partial charge in [0, 0.05) is 0 Å². The summed E-state index contributed by atoms with van der Waals surface area (Å²) in [6, 6.07) is 8.76. The summed E-state index contributed by atoms with van der Waals surface area (Å²) in [6.07, 6.45) is 1.36. The Hall–Kier alpha value is -2.08. The number of nitrogens with zero attached hydrogens (tertiary/aromatic N) is 2. The van der Waals surface area contributed by atoms with Gasteiger partial charge in [0.05, 0.1) is 23.8 Å². The van der Waals surface area contributed by atoms with Gasteiger partial charge in [-0.25, -0.2) is 4.79 Å². The smallest absolute Gasteiger partial charge is 0.338 e. The molecular weight excluding hydrogens is 252 g/mol. The fourth-order valence-corrected chi connectivity index (χ4v) is 2.32. The van der Waals surface area contributed by atoms with Gasteiger partial charge in [-0.15, -0.1) is 5.10 Å². The van der Waals surface area contributed by atoms with E-state index in [2.05, 4.69) is 10.2 Å². The Bertz CT molecular complexity index is 575. The number of carbonyl (C=O) groups is 1. The molecule has 0 saturated heterocycles. The highest BCUT2D eigenvalue weighted by Crippen LogP contribution is 2.34. The van der Waals surface area contributed by atoms with Gasteiger partial charge in [0.1, 0.15) is 10.8 Å². The first-order valence-electron chi connectivity index (χ1n) is 5.08. The SMILES string of the molecule is COc1ccccc1Sc1nnccc1C(=O)O. The Morgan fingerprint density at radius 2 is 2.11 bits per heavy atom. The van der Waals surface area contributed by atoms with Crippen LogP contribution in [-0.4, -0.2) is 28.4 Å². The van der Waals surface area contributed by atoms with Crippen molar-refractivity contribution in [3.63, 3.8) is 0 Å². The summed E-state index contributed by atoms with van der Waals surface area (Å²) in [5, 5.41) is 17.0. The predicted octanol–water partition coefficient (Wildman–Crippen LogP) is 2.33. The van der Waals surface area contributed by atoms with Gasteiger partial charge in [0.15, 0.2) is 0 Å². The first-order chi connectivity index (χ1) is 8.72. The summed E-state index contributed by atoms with van der Waals surface area (Å²) in [7, 11) is 1.56. The Morgan fingerprint density at radius 3 is 2.83 bits per heavy atom. The Labute approximate surface area is 108 Å². The highest BCUT2D eigenvalue weighted by Gasteiger charge is 2.14. The van der Waals surface area contributed by atoms with Gasteiger partial charge in [-0.2, -0.15) is 5.10 Å². The van der Waals surface area contributed by atoms with Crippen LogP contribution in [0.25, 0.3) is 0 Å². The number of ether oxygens (including phenoxy) is 1. The van der Waals surface area contributed by atoms with Crippen LogP contribution >= 0.6 is 11.8 Å². The fraction of sp³-hybridized carbons (Fsp3) is 0.0833. The average Bonchev–Trinajstić information content (AvgIpc) is 2.40. The zero-order chi connectivity index (χ0) is 13.0. The third-order valence-electron chi connectivity index (χ3n) is 2.19. The normalized spacial score (nSPS) is 10.1. The van der Waals surface area contributed by atoms with E-state index in [1.165, 1.54) is 24.0 Å². The lowest BCUT2D eigenvalue weighted by atomic mass is 10.3. The number of hydrogen-bond acceptors (Lipinski definition) is 5. The first kappa shape index (κ1) is 12.4. The van der Waals surface area contributed by atoms with Crippen molar-refractivity contribution in [2.45, 2.75) is 9.92 Å². The van der Waals surface area contributed by atoms with E-state index in [0.717, 1.165) is 4.90 Å². The van der Waals surface area contributed by atoms with E-state index in [1.54, 1.807) is 13.2 Å². The van der Waals surface area contributed by atoms with Gasteiger partial charge in [0.2, 0.25) is 0 Å². The van der Waals surface area contributed by atoms with Gasteiger partial charge in [0.25, 0.3) is 0 Å². The fourth-order valence-electron chi connectivity index (χ4n) is 1.36. The first-order valence-corrected chi connectivity index (χ1v) is 5.90. The van der Waals surface area contributed by atoms with Crippen LogP contribution in [0, 0.1) is 0 Å². The van der Waals surface area contributed by atoms with E-state index in [1.807, 2.05) is 18.2 Å². The Kier molecular flexibility index (Phi) is 3.78. The number of benzene rings is 1. The molecule has 1 heterocycles. The molecule has 2 aromatic rings. The number of carboxylic acids is 1. The van der Waals surface area contributed by atoms with E-state index >= 15 is 0 Å². The summed E-state index contributed by atoms with van der Waals surface area (Å²) >= 11 is 1.21. The number of aromatic carboxylic acids is 1. The maximum atomic E-state index is 11.1. The molecule has 0 saturated carbocycles. The van der Waals surface area contributed by atoms with Crippen molar-refractivity contribution in [1.82, 2.24) is 10.2 Å². The number of para-hydroxylation sites is 1. The predicted molar refractivity (Wildman–Crippen MR) is 66.1 cm³/mol. The summed E-state index contributed by atoms with van der Waals surface area (Å²) in [5.41, 5.74) is 0.126. The highest BCUT2D eigenvalue weighted by atomic mass is 32.2. The second kappa shape index (κ2) is 5.50. The quantitative estimate of drug-likeness (QED) is 0.911. The van der Waals surface area contributed by atoms with Gasteiger partial charge >= 0.3 is 5.97 Å². The van der Waals surface area contributed by atoms with E-state index in [0.29, 0.717) is 10.8 Å². The number of hydrogen-bond donors (Lipinski definition) is 1. The monoisotopic (exact) mass is 262 g/mol. The largest absolute Gasteiger partial charge is 0.496 e. The summed E-state index contributed by atoms with van der Waals surface area (Å²) in [5.74, 6) is -0.355. The van der Waals surface area contributed by atoms with Crippen molar-refractivity contribution in [1.29, 1.82) is 0 Å². The standard InChI is InChI=1S/C12H10N2O3S/c1-17-9-4-2-3-5-10(9)18-11-8(12(15)16)6-7-13-14-11/h2-7H,1H3,(H,15,16). The van der Waals surface area contributed by atoms with Crippen LogP contribution in [0.1, 0.15) is 10.4 Å². The molecule has 0 amide bonds. The van der Waals surface area contributed by atoms with Crippen molar-refractivity contribution in [3.05, 3.63) is 42.1 Å². The number of rotatable bonds is 4. The number of methoxy groups -OCH3 is 1. The van der Waals surface area contributed by atoms with Gasteiger partial charge in [-0.05, 0) is 18.2 Å². The second-order valence-electron chi connectivity index (χ2n) is 3.31. The van der Waals surface area contributed by atoms with Crippen molar-refractivity contribution in [3.8, 4) is 5.75 Å². The van der Waals surface area contributed by atoms with Crippen molar-refractivity contribution < 1.29 is 14.6 Å². The lowest BCUT2D eigenvalue weighted by molar-refractivity contribution is 0.0692. The number of aromatic nitrogens is 2. The van der Waals surface area contributed by atoms with Crippen LogP contribution in [0.4, 0.5) is 0 Å². The van der Waals surface area contributed by atoms with Crippen LogP contribution in [0.5, 0.6) is 5.75 Å². The van der Waals surface area contributed by atoms with E-state index in [9.17, 15) is 4.79 Å². The molecule has 18 heavy (non-hydrogen) atoms. The molecule has 0 radical (unpaired) electrons. The molecule has 92 valence electrons. The molecule has 0 fully saturated rings. The van der Waals surface area contributed by atoms with E-state index < -0.39 is 5.97 Å². The summed E-state index contributed by atoms with van der Waals surface area (Å²) < 4.78 is 5.20. The maximum Gasteiger partial charge on any atom is 0.338 e. The molecule has 1 N–H and O–H groups in total. The zero-order valence-electron chi connectivity index (χ0n) is 9.53. The molecule has 0 unspecified atom stereocenters.